The molecule has 1 N–H and O–H groups in total. The molecule has 2 aliphatic rings. The van der Waals surface area contributed by atoms with Gasteiger partial charge in [-0.05, 0) is 91.8 Å². The molecule has 1 heterocycles. The van der Waals surface area contributed by atoms with Gasteiger partial charge in [-0.15, -0.1) is 0 Å². The van der Waals surface area contributed by atoms with Crippen LogP contribution in [0.1, 0.15) is 69.9 Å². The molecule has 10 heteroatoms. The standard InChI is InChI=1S/C24H25Cl2FN2O4S/c25-17-5-6-18(21(26)12-17)24(31)29-9-7-14(8-10-29)1-2-16-11-22(27)20(23(30)28-34(32)33)13-19(16)15-3-4-15/h5-6,11-15H,1-4,7-10H2,(H,28,30)(H,32,33)/p-1. The van der Waals surface area contributed by atoms with Crippen LogP contribution < -0.4 is 4.72 Å². The number of nitrogens with one attached hydrogen (secondary N) is 1. The number of nitrogens with zero attached hydrogens (tertiary/aromatic N) is 1. The maximum Gasteiger partial charge on any atom is 0.265 e. The largest absolute Gasteiger partial charge is 0.755 e. The van der Waals surface area contributed by atoms with Gasteiger partial charge in [-0.2, -0.15) is 0 Å². The van der Waals surface area contributed by atoms with E-state index in [0.717, 1.165) is 43.2 Å². The Morgan fingerprint density at radius 3 is 2.41 bits per heavy atom. The molecule has 0 bridgehead atoms. The summed E-state index contributed by atoms with van der Waals surface area (Å²) in [5, 5.41) is 0.823. The van der Waals surface area contributed by atoms with Gasteiger partial charge in [-0.1, -0.05) is 23.2 Å². The minimum Gasteiger partial charge on any atom is -0.755 e. The van der Waals surface area contributed by atoms with Gasteiger partial charge in [-0.25, -0.2) is 4.39 Å². The molecule has 1 aliphatic heterocycles. The molecular formula is C24H24Cl2FN2O4S-. The number of piperidine rings is 1. The lowest BCUT2D eigenvalue weighted by Gasteiger charge is -2.32. The Morgan fingerprint density at radius 1 is 1.09 bits per heavy atom. The Balaban J connectivity index is 1.37. The van der Waals surface area contributed by atoms with Crippen LogP contribution in [0.15, 0.2) is 30.3 Å². The zero-order valence-electron chi connectivity index (χ0n) is 18.3. The van der Waals surface area contributed by atoms with Crippen molar-refractivity contribution in [2.45, 2.75) is 44.4 Å². The molecular weight excluding hydrogens is 502 g/mol. The second kappa shape index (κ2) is 10.7. The minimum atomic E-state index is -2.80. The van der Waals surface area contributed by atoms with Gasteiger partial charge in [0, 0.05) is 29.4 Å². The van der Waals surface area contributed by atoms with Crippen LogP contribution in [0.25, 0.3) is 0 Å². The van der Waals surface area contributed by atoms with E-state index in [1.54, 1.807) is 27.8 Å². The van der Waals surface area contributed by atoms with Gasteiger partial charge >= 0.3 is 0 Å². The monoisotopic (exact) mass is 525 g/mol. The van der Waals surface area contributed by atoms with Crippen molar-refractivity contribution in [3.05, 3.63) is 68.4 Å². The van der Waals surface area contributed by atoms with Crippen LogP contribution in [0.3, 0.4) is 0 Å². The molecule has 4 rings (SSSR count). The highest BCUT2D eigenvalue weighted by molar-refractivity contribution is 7.77. The minimum absolute atomic E-state index is 0.105. The summed E-state index contributed by atoms with van der Waals surface area (Å²) < 4.78 is 37.8. The summed E-state index contributed by atoms with van der Waals surface area (Å²) in [6, 6.07) is 7.73. The van der Waals surface area contributed by atoms with Crippen molar-refractivity contribution in [2.75, 3.05) is 13.1 Å². The van der Waals surface area contributed by atoms with Gasteiger partial charge in [0.15, 0.2) is 0 Å². The normalized spacial score (nSPS) is 17.5. The van der Waals surface area contributed by atoms with Crippen LogP contribution >= 0.6 is 23.2 Å². The molecule has 2 fully saturated rings. The van der Waals surface area contributed by atoms with Gasteiger partial charge < -0.3 is 9.45 Å². The van der Waals surface area contributed by atoms with Crippen LogP contribution in [0.5, 0.6) is 0 Å². The number of hydrogen-bond acceptors (Lipinski definition) is 4. The molecule has 2 aromatic carbocycles. The van der Waals surface area contributed by atoms with Crippen LogP contribution in [-0.4, -0.2) is 38.6 Å². The molecule has 1 atom stereocenters. The van der Waals surface area contributed by atoms with Crippen LogP contribution in [0, 0.1) is 11.7 Å². The fraction of sp³-hybridized carbons (Fsp3) is 0.417. The van der Waals surface area contributed by atoms with E-state index < -0.39 is 23.0 Å². The summed E-state index contributed by atoms with van der Waals surface area (Å²) in [5.74, 6) is -1.11. The first-order chi connectivity index (χ1) is 16.2. The van der Waals surface area contributed by atoms with E-state index in [4.69, 9.17) is 23.2 Å². The third-order valence-electron chi connectivity index (χ3n) is 6.55. The molecule has 34 heavy (non-hydrogen) atoms. The fourth-order valence-corrected chi connectivity index (χ4v) is 5.30. The zero-order chi connectivity index (χ0) is 24.4. The Labute approximate surface area is 210 Å². The van der Waals surface area contributed by atoms with Crippen LogP contribution in [0.2, 0.25) is 10.0 Å². The number of carbonyl (C=O) groups excluding carboxylic acids is 2. The average molecular weight is 526 g/mol. The third kappa shape index (κ3) is 5.97. The van der Waals surface area contributed by atoms with Crippen molar-refractivity contribution in [1.82, 2.24) is 9.62 Å². The Hall–Kier alpha value is -2.00. The Kier molecular flexibility index (Phi) is 7.92. The second-order valence-corrected chi connectivity index (χ2v) is 10.4. The topological polar surface area (TPSA) is 89.5 Å². The summed E-state index contributed by atoms with van der Waals surface area (Å²) in [6.07, 6.45) is 5.14. The number of aryl methyl sites for hydroxylation is 1. The number of hydrogen-bond donors (Lipinski definition) is 1. The number of likely N-dealkylation sites (tertiary alicyclic amines) is 1. The number of halogens is 3. The number of benzene rings is 2. The lowest BCUT2D eigenvalue weighted by Crippen LogP contribution is -2.38. The smallest absolute Gasteiger partial charge is 0.265 e. The van der Waals surface area contributed by atoms with Crippen molar-refractivity contribution in [2.24, 2.45) is 5.92 Å². The van der Waals surface area contributed by atoms with E-state index >= 15 is 0 Å². The summed E-state index contributed by atoms with van der Waals surface area (Å²) in [6.45, 7) is 1.25. The summed E-state index contributed by atoms with van der Waals surface area (Å²) >= 11 is 9.31. The molecule has 1 saturated heterocycles. The zero-order valence-corrected chi connectivity index (χ0v) is 20.6. The first kappa shape index (κ1) is 25.1. The first-order valence-corrected chi connectivity index (χ1v) is 13.0. The van der Waals surface area contributed by atoms with E-state index in [9.17, 15) is 22.7 Å². The van der Waals surface area contributed by atoms with Gasteiger partial charge in [0.1, 0.15) is 5.82 Å². The quantitative estimate of drug-likeness (QED) is 0.514. The summed E-state index contributed by atoms with van der Waals surface area (Å²) in [4.78, 5) is 26.6. The molecule has 1 unspecified atom stereocenters. The van der Waals surface area contributed by atoms with E-state index in [1.807, 2.05) is 0 Å². The number of carbonyl (C=O) groups is 2. The fourth-order valence-electron chi connectivity index (χ4n) is 4.54. The summed E-state index contributed by atoms with van der Waals surface area (Å²) in [7, 11) is 0. The molecule has 1 saturated carbocycles. The predicted octanol–water partition coefficient (Wildman–Crippen LogP) is 5.02. The van der Waals surface area contributed by atoms with E-state index in [2.05, 4.69) is 0 Å². The summed E-state index contributed by atoms with van der Waals surface area (Å²) in [5.41, 5.74) is 1.99. The Morgan fingerprint density at radius 2 is 1.79 bits per heavy atom. The molecule has 2 aromatic rings. The molecule has 2 amide bonds. The first-order valence-electron chi connectivity index (χ1n) is 11.2. The SMILES string of the molecule is O=C(NS(=O)[O-])c1cc(C2CC2)c(CCC2CCN(C(=O)c3ccc(Cl)cc3Cl)CC2)cc1F. The maximum absolute atomic E-state index is 14.6. The van der Waals surface area contributed by atoms with Crippen molar-refractivity contribution in [1.29, 1.82) is 0 Å². The van der Waals surface area contributed by atoms with Gasteiger partial charge in [-0.3, -0.25) is 18.5 Å². The molecule has 0 spiro atoms. The highest BCUT2D eigenvalue weighted by atomic mass is 35.5. The lowest BCUT2D eigenvalue weighted by molar-refractivity contribution is 0.0687. The molecule has 6 nitrogen and oxygen atoms in total. The van der Waals surface area contributed by atoms with E-state index in [1.165, 1.54) is 12.1 Å². The number of amides is 2. The van der Waals surface area contributed by atoms with Gasteiger partial charge in [0.2, 0.25) is 0 Å². The molecule has 182 valence electrons. The van der Waals surface area contributed by atoms with E-state index in [0.29, 0.717) is 41.0 Å². The highest BCUT2D eigenvalue weighted by Crippen LogP contribution is 2.43. The van der Waals surface area contributed by atoms with Crippen molar-refractivity contribution >= 4 is 46.3 Å². The third-order valence-corrected chi connectivity index (χ3v) is 7.45. The molecule has 0 radical (unpaired) electrons. The van der Waals surface area contributed by atoms with Crippen molar-refractivity contribution in [3.63, 3.8) is 0 Å². The molecule has 0 aromatic heterocycles. The second-order valence-electron chi connectivity index (χ2n) is 8.87. The van der Waals surface area contributed by atoms with Crippen LogP contribution in [-0.2, 0) is 17.7 Å². The van der Waals surface area contributed by atoms with E-state index in [-0.39, 0.29) is 17.4 Å². The highest BCUT2D eigenvalue weighted by Gasteiger charge is 2.29. The molecule has 1 aliphatic carbocycles. The predicted molar refractivity (Wildman–Crippen MR) is 128 cm³/mol. The lowest BCUT2D eigenvalue weighted by atomic mass is 9.88. The number of rotatable bonds is 7. The maximum atomic E-state index is 14.6. The van der Waals surface area contributed by atoms with Gasteiger partial charge in [0.25, 0.3) is 11.8 Å². The van der Waals surface area contributed by atoms with Crippen molar-refractivity contribution in [3.8, 4) is 0 Å². The Bertz CT molecular complexity index is 1130. The van der Waals surface area contributed by atoms with Gasteiger partial charge in [0.05, 0.1) is 16.1 Å². The van der Waals surface area contributed by atoms with Crippen molar-refractivity contribution < 1.29 is 22.7 Å². The van der Waals surface area contributed by atoms with Crippen LogP contribution in [0.4, 0.5) is 4.39 Å². The average Bonchev–Trinajstić information content (AvgIpc) is 3.62.